The van der Waals surface area contributed by atoms with Gasteiger partial charge in [-0.25, -0.2) is 24.2 Å². The van der Waals surface area contributed by atoms with Gasteiger partial charge in [0.2, 0.25) is 0 Å². The molecule has 0 fully saturated rings. The fourth-order valence-corrected chi connectivity index (χ4v) is 3.72. The van der Waals surface area contributed by atoms with Crippen LogP contribution < -0.4 is 16.0 Å². The van der Waals surface area contributed by atoms with Crippen molar-refractivity contribution < 1.29 is 8.42 Å². The number of halogens is 2. The second kappa shape index (κ2) is 6.26. The molecule has 0 aromatic carbocycles. The van der Waals surface area contributed by atoms with Crippen LogP contribution in [0.1, 0.15) is 5.56 Å². The second-order valence-electron chi connectivity index (χ2n) is 4.07. The van der Waals surface area contributed by atoms with Crippen molar-refractivity contribution in [2.24, 2.45) is 5.84 Å². The van der Waals surface area contributed by atoms with E-state index in [1.807, 2.05) is 0 Å². The molecule has 2 heterocycles. The number of rotatable bonds is 4. The van der Waals surface area contributed by atoms with Gasteiger partial charge in [-0.15, -0.1) is 0 Å². The smallest absolute Gasteiger partial charge is 0.266 e. The molecule has 0 atom stereocenters. The van der Waals surface area contributed by atoms with Gasteiger partial charge in [-0.05, 0) is 56.5 Å². The Hall–Kier alpha value is -1.23. The molecule has 112 valence electrons. The molecule has 4 N–H and O–H groups in total. The summed E-state index contributed by atoms with van der Waals surface area (Å²) in [7, 11) is -3.88. The molecule has 0 radical (unpaired) electrons. The van der Waals surface area contributed by atoms with Gasteiger partial charge in [-0.1, -0.05) is 0 Å². The molecule has 0 aliphatic carbocycles. The maximum absolute atomic E-state index is 12.5. The Morgan fingerprint density at radius 2 is 1.67 bits per heavy atom. The molecule has 0 spiro atoms. The molecular formula is C11H11Br2N5O2S. The average Bonchev–Trinajstić information content (AvgIpc) is 2.42. The van der Waals surface area contributed by atoms with E-state index >= 15 is 0 Å². The molecule has 0 aliphatic heterocycles. The normalized spacial score (nSPS) is 11.2. The number of pyridine rings is 2. The molecule has 0 bridgehead atoms. The van der Waals surface area contributed by atoms with Gasteiger partial charge in [-0.3, -0.25) is 4.72 Å². The molecular weight excluding hydrogens is 426 g/mol. The predicted molar refractivity (Wildman–Crippen MR) is 87.2 cm³/mol. The Morgan fingerprint density at radius 3 is 2.24 bits per heavy atom. The van der Waals surface area contributed by atoms with E-state index in [9.17, 15) is 8.42 Å². The van der Waals surface area contributed by atoms with Crippen LogP contribution in [0.3, 0.4) is 0 Å². The quantitative estimate of drug-likeness (QED) is 0.501. The Balaban J connectivity index is 2.45. The van der Waals surface area contributed by atoms with Crippen LogP contribution in [0.2, 0.25) is 0 Å². The number of hydrazine groups is 1. The van der Waals surface area contributed by atoms with Crippen LogP contribution in [0.25, 0.3) is 0 Å². The highest BCUT2D eigenvalue weighted by molar-refractivity contribution is 9.10. The van der Waals surface area contributed by atoms with Crippen LogP contribution in [0.4, 0.5) is 11.6 Å². The molecule has 10 heteroatoms. The zero-order chi connectivity index (χ0) is 15.6. The molecule has 7 nitrogen and oxygen atoms in total. The summed E-state index contributed by atoms with van der Waals surface area (Å²) in [5.41, 5.74) is 2.94. The zero-order valence-electron chi connectivity index (χ0n) is 10.8. The number of nitrogens with one attached hydrogen (secondary N) is 2. The van der Waals surface area contributed by atoms with E-state index in [-0.39, 0.29) is 16.5 Å². The van der Waals surface area contributed by atoms with Gasteiger partial charge in [0.05, 0.1) is 0 Å². The number of nitrogens with two attached hydrogens (primary N) is 1. The summed E-state index contributed by atoms with van der Waals surface area (Å²) < 4.78 is 28.6. The van der Waals surface area contributed by atoms with Crippen molar-refractivity contribution in [1.82, 2.24) is 9.97 Å². The lowest BCUT2D eigenvalue weighted by atomic mass is 10.3. The maximum Gasteiger partial charge on any atom is 0.266 e. The highest BCUT2D eigenvalue weighted by Crippen LogP contribution is 2.25. The van der Waals surface area contributed by atoms with Gasteiger partial charge in [0.25, 0.3) is 10.0 Å². The Kier molecular flexibility index (Phi) is 4.81. The third kappa shape index (κ3) is 3.70. The minimum absolute atomic E-state index is 0.0421. The summed E-state index contributed by atoms with van der Waals surface area (Å²) in [5, 5.41) is 0. The molecule has 0 amide bonds. The zero-order valence-corrected chi connectivity index (χ0v) is 14.8. The van der Waals surface area contributed by atoms with Crippen molar-refractivity contribution in [2.75, 3.05) is 10.1 Å². The average molecular weight is 437 g/mol. The van der Waals surface area contributed by atoms with E-state index in [1.165, 1.54) is 18.5 Å². The summed E-state index contributed by atoms with van der Waals surface area (Å²) in [6.45, 7) is 1.75. The Labute approximate surface area is 138 Å². The summed E-state index contributed by atoms with van der Waals surface area (Å²) >= 11 is 6.45. The van der Waals surface area contributed by atoms with E-state index in [0.717, 1.165) is 4.47 Å². The largest absolute Gasteiger partial charge is 0.307 e. The van der Waals surface area contributed by atoms with Gasteiger partial charge in [-0.2, -0.15) is 0 Å². The maximum atomic E-state index is 12.5. The number of aromatic nitrogens is 2. The number of nitrogen functional groups attached to an aromatic ring is 1. The van der Waals surface area contributed by atoms with Crippen LogP contribution in [-0.2, 0) is 10.0 Å². The highest BCUT2D eigenvalue weighted by Gasteiger charge is 2.21. The summed E-state index contributed by atoms with van der Waals surface area (Å²) in [6.07, 6.45) is 2.95. The minimum atomic E-state index is -3.88. The van der Waals surface area contributed by atoms with Crippen molar-refractivity contribution in [3.8, 4) is 0 Å². The number of hydrogen-bond acceptors (Lipinski definition) is 6. The SMILES string of the molecule is Cc1cc(Br)cnc1NS(=O)(=O)c1cc(Br)cnc1NN. The van der Waals surface area contributed by atoms with E-state index in [0.29, 0.717) is 10.0 Å². The minimum Gasteiger partial charge on any atom is -0.307 e. The molecule has 21 heavy (non-hydrogen) atoms. The third-order valence-electron chi connectivity index (χ3n) is 2.52. The molecule has 0 aliphatic rings. The Morgan fingerprint density at radius 1 is 1.10 bits per heavy atom. The number of nitrogens with zero attached hydrogens (tertiary/aromatic N) is 2. The van der Waals surface area contributed by atoms with Gasteiger partial charge in [0, 0.05) is 21.3 Å². The van der Waals surface area contributed by atoms with Crippen molar-refractivity contribution >= 4 is 53.5 Å². The third-order valence-corrected chi connectivity index (χ3v) is 4.74. The molecule has 2 aromatic rings. The van der Waals surface area contributed by atoms with Crippen molar-refractivity contribution in [3.05, 3.63) is 39.0 Å². The second-order valence-corrected chi connectivity index (χ2v) is 7.55. The topological polar surface area (TPSA) is 110 Å². The number of sulfonamides is 1. The summed E-state index contributed by atoms with van der Waals surface area (Å²) in [6, 6.07) is 3.16. The van der Waals surface area contributed by atoms with E-state index in [2.05, 4.69) is 52.0 Å². The van der Waals surface area contributed by atoms with Crippen LogP contribution in [0.5, 0.6) is 0 Å². The molecule has 0 saturated carbocycles. The van der Waals surface area contributed by atoms with Crippen LogP contribution >= 0.6 is 31.9 Å². The summed E-state index contributed by atoms with van der Waals surface area (Å²) in [5.74, 6) is 5.58. The fourth-order valence-electron chi connectivity index (χ4n) is 1.56. The monoisotopic (exact) mass is 435 g/mol. The fraction of sp³-hybridized carbons (Fsp3) is 0.0909. The first-order chi connectivity index (χ1) is 9.83. The van der Waals surface area contributed by atoms with Gasteiger partial charge in [0.15, 0.2) is 5.82 Å². The first-order valence-corrected chi connectivity index (χ1v) is 8.67. The predicted octanol–water partition coefficient (Wildman–Crippen LogP) is 2.40. The highest BCUT2D eigenvalue weighted by atomic mass is 79.9. The first-order valence-electron chi connectivity index (χ1n) is 5.60. The molecule has 0 saturated heterocycles. The van der Waals surface area contributed by atoms with Crippen LogP contribution in [0, 0.1) is 6.92 Å². The first kappa shape index (κ1) is 16.1. The van der Waals surface area contributed by atoms with Gasteiger partial charge < -0.3 is 5.43 Å². The van der Waals surface area contributed by atoms with E-state index in [4.69, 9.17) is 5.84 Å². The van der Waals surface area contributed by atoms with Crippen LogP contribution in [-0.4, -0.2) is 18.4 Å². The van der Waals surface area contributed by atoms with Crippen molar-refractivity contribution in [2.45, 2.75) is 11.8 Å². The van der Waals surface area contributed by atoms with Crippen LogP contribution in [0.15, 0.2) is 38.4 Å². The number of anilines is 2. The standard InChI is InChI=1S/C11H11Br2N5O2S/c1-6-2-7(12)4-15-10(6)18-21(19,20)9-3-8(13)5-16-11(9)17-14/h2-5H,14H2,1H3,(H,15,18)(H,16,17). The molecule has 2 rings (SSSR count). The molecule has 0 unspecified atom stereocenters. The van der Waals surface area contributed by atoms with Gasteiger partial charge >= 0.3 is 0 Å². The lowest BCUT2D eigenvalue weighted by Gasteiger charge is -2.12. The summed E-state index contributed by atoms with van der Waals surface area (Å²) in [4.78, 5) is 7.88. The van der Waals surface area contributed by atoms with E-state index in [1.54, 1.807) is 13.0 Å². The van der Waals surface area contributed by atoms with Crippen molar-refractivity contribution in [1.29, 1.82) is 0 Å². The Bertz CT molecular complexity index is 782. The van der Waals surface area contributed by atoms with Crippen molar-refractivity contribution in [3.63, 3.8) is 0 Å². The lowest BCUT2D eigenvalue weighted by Crippen LogP contribution is -2.19. The lowest BCUT2D eigenvalue weighted by molar-refractivity contribution is 0.601. The molecule has 2 aromatic heterocycles. The number of hydrogen-bond donors (Lipinski definition) is 3. The van der Waals surface area contributed by atoms with Gasteiger partial charge in [0.1, 0.15) is 10.7 Å². The number of aryl methyl sites for hydroxylation is 1. The van der Waals surface area contributed by atoms with E-state index < -0.39 is 10.0 Å².